The van der Waals surface area contributed by atoms with Gasteiger partial charge in [-0.05, 0) is 44.4 Å². The van der Waals surface area contributed by atoms with Crippen LogP contribution in [0.4, 0.5) is 0 Å². The van der Waals surface area contributed by atoms with E-state index in [0.717, 1.165) is 60.8 Å². The van der Waals surface area contributed by atoms with E-state index in [1.54, 1.807) is 35.3 Å². The molecule has 0 N–H and O–H groups in total. The molecule has 0 spiro atoms. The first-order chi connectivity index (χ1) is 12.6. The number of rotatable bonds is 8. The van der Waals surface area contributed by atoms with Gasteiger partial charge in [0.25, 0.3) is 0 Å². The Morgan fingerprint density at radius 1 is 1.23 bits per heavy atom. The number of aryl methyl sites for hydroxylation is 1. The maximum absolute atomic E-state index is 12.9. The van der Waals surface area contributed by atoms with Crippen LogP contribution in [0.15, 0.2) is 28.3 Å². The average molecular weight is 398 g/mol. The molecular formula is C18H27N3O3S2. The minimum absolute atomic E-state index is 0.351. The highest BCUT2D eigenvalue weighted by Gasteiger charge is 2.26. The second kappa shape index (κ2) is 8.73. The zero-order valence-electron chi connectivity index (χ0n) is 15.5. The molecule has 3 rings (SSSR count). The molecule has 6 nitrogen and oxygen atoms in total. The molecule has 144 valence electrons. The van der Waals surface area contributed by atoms with Crippen molar-refractivity contribution >= 4 is 32.8 Å². The van der Waals surface area contributed by atoms with E-state index in [-0.39, 0.29) is 0 Å². The molecule has 1 aliphatic heterocycles. The minimum Gasteiger partial charge on any atom is -0.385 e. The van der Waals surface area contributed by atoms with Crippen molar-refractivity contribution in [1.82, 2.24) is 13.9 Å². The van der Waals surface area contributed by atoms with Crippen LogP contribution in [0.1, 0.15) is 32.6 Å². The van der Waals surface area contributed by atoms with Crippen molar-refractivity contribution in [2.45, 2.75) is 49.2 Å². The number of aromatic nitrogens is 2. The van der Waals surface area contributed by atoms with Crippen LogP contribution in [0.2, 0.25) is 0 Å². The number of piperidine rings is 1. The predicted molar refractivity (Wildman–Crippen MR) is 105 cm³/mol. The summed E-state index contributed by atoms with van der Waals surface area (Å²) >= 11 is 1.69. The third-order valence-electron chi connectivity index (χ3n) is 4.68. The van der Waals surface area contributed by atoms with Crippen LogP contribution in [0.3, 0.4) is 0 Å². The second-order valence-corrected chi connectivity index (χ2v) is 9.45. The van der Waals surface area contributed by atoms with E-state index in [9.17, 15) is 8.42 Å². The molecule has 26 heavy (non-hydrogen) atoms. The number of thioether (sulfide) groups is 1. The lowest BCUT2D eigenvalue weighted by molar-refractivity contribution is 0.200. The SMILES string of the molecule is CCn1c(SCCCOC)nc2cc(S(=O)(=O)N3CCCCC3)ccc21. The lowest BCUT2D eigenvalue weighted by atomic mass is 10.2. The number of fused-ring (bicyclic) bond motifs is 1. The summed E-state index contributed by atoms with van der Waals surface area (Å²) in [6.45, 7) is 4.85. The summed E-state index contributed by atoms with van der Waals surface area (Å²) < 4.78 is 34.7. The zero-order valence-corrected chi connectivity index (χ0v) is 17.1. The van der Waals surface area contributed by atoms with Crippen molar-refractivity contribution in [3.8, 4) is 0 Å². The maximum Gasteiger partial charge on any atom is 0.243 e. The van der Waals surface area contributed by atoms with Crippen molar-refractivity contribution < 1.29 is 13.2 Å². The van der Waals surface area contributed by atoms with Gasteiger partial charge in [0.2, 0.25) is 10.0 Å². The van der Waals surface area contributed by atoms with Gasteiger partial charge in [0.15, 0.2) is 5.16 Å². The Kier molecular flexibility index (Phi) is 6.60. The Morgan fingerprint density at radius 2 is 2.00 bits per heavy atom. The summed E-state index contributed by atoms with van der Waals surface area (Å²) in [5.41, 5.74) is 1.73. The van der Waals surface area contributed by atoms with Gasteiger partial charge in [0.05, 0.1) is 15.9 Å². The molecule has 0 radical (unpaired) electrons. The van der Waals surface area contributed by atoms with Crippen LogP contribution >= 0.6 is 11.8 Å². The van der Waals surface area contributed by atoms with E-state index >= 15 is 0 Å². The fourth-order valence-corrected chi connectivity index (χ4v) is 5.81. The van der Waals surface area contributed by atoms with Crippen molar-refractivity contribution in [1.29, 1.82) is 0 Å². The van der Waals surface area contributed by atoms with Crippen molar-refractivity contribution in [2.24, 2.45) is 0 Å². The Hall–Kier alpha value is -1.09. The standard InChI is InChI=1S/C18H27N3O3S2/c1-3-21-17-9-8-15(26(22,23)20-10-5-4-6-11-20)14-16(17)19-18(21)25-13-7-12-24-2/h8-9,14H,3-7,10-13H2,1-2H3. The number of hydrogen-bond acceptors (Lipinski definition) is 5. The van der Waals surface area contributed by atoms with E-state index in [2.05, 4.69) is 11.5 Å². The number of benzene rings is 1. The molecule has 1 aliphatic rings. The monoisotopic (exact) mass is 397 g/mol. The zero-order chi connectivity index (χ0) is 18.6. The van der Waals surface area contributed by atoms with Crippen LogP contribution in [0.25, 0.3) is 11.0 Å². The lowest BCUT2D eigenvalue weighted by Crippen LogP contribution is -2.35. The van der Waals surface area contributed by atoms with E-state index in [4.69, 9.17) is 9.72 Å². The van der Waals surface area contributed by atoms with Gasteiger partial charge in [-0.15, -0.1) is 0 Å². The van der Waals surface area contributed by atoms with Gasteiger partial charge in [-0.25, -0.2) is 13.4 Å². The molecule has 0 saturated carbocycles. The van der Waals surface area contributed by atoms with Crippen LogP contribution in [-0.4, -0.2) is 54.8 Å². The molecule has 0 atom stereocenters. The quantitative estimate of drug-likeness (QED) is 0.505. The van der Waals surface area contributed by atoms with E-state index in [1.807, 2.05) is 6.07 Å². The molecule has 1 fully saturated rings. The summed E-state index contributed by atoms with van der Waals surface area (Å²) in [6.07, 6.45) is 3.95. The number of nitrogens with zero attached hydrogens (tertiary/aromatic N) is 3. The normalized spacial score (nSPS) is 16.4. The van der Waals surface area contributed by atoms with Crippen LogP contribution in [0.5, 0.6) is 0 Å². The fourth-order valence-electron chi connectivity index (χ4n) is 3.28. The molecule has 0 amide bonds. The first kappa shape index (κ1) is 19.7. The highest BCUT2D eigenvalue weighted by molar-refractivity contribution is 7.99. The molecule has 0 bridgehead atoms. The van der Waals surface area contributed by atoms with Gasteiger partial charge >= 0.3 is 0 Å². The Bertz CT molecular complexity index is 843. The van der Waals surface area contributed by atoms with Crippen molar-refractivity contribution in [3.05, 3.63) is 18.2 Å². The van der Waals surface area contributed by atoms with Crippen LogP contribution in [-0.2, 0) is 21.3 Å². The summed E-state index contributed by atoms with van der Waals surface area (Å²) in [7, 11) is -1.72. The summed E-state index contributed by atoms with van der Waals surface area (Å²) in [5.74, 6) is 0.927. The number of ether oxygens (including phenoxy) is 1. The predicted octanol–water partition coefficient (Wildman–Crippen LogP) is 3.36. The van der Waals surface area contributed by atoms with Gasteiger partial charge < -0.3 is 9.30 Å². The topological polar surface area (TPSA) is 64.4 Å². The highest BCUT2D eigenvalue weighted by Crippen LogP contribution is 2.28. The van der Waals surface area contributed by atoms with Crippen molar-refractivity contribution in [2.75, 3.05) is 32.6 Å². The third kappa shape index (κ3) is 4.08. The van der Waals surface area contributed by atoms with Gasteiger partial charge in [0.1, 0.15) is 0 Å². The molecule has 2 heterocycles. The molecule has 1 aromatic heterocycles. The van der Waals surface area contributed by atoms with Gasteiger partial charge in [-0.1, -0.05) is 18.2 Å². The van der Waals surface area contributed by atoms with Gasteiger partial charge in [-0.3, -0.25) is 0 Å². The Balaban J connectivity index is 1.88. The number of imidazole rings is 1. The fraction of sp³-hybridized carbons (Fsp3) is 0.611. The summed E-state index contributed by atoms with van der Waals surface area (Å²) in [4.78, 5) is 5.05. The molecule has 1 saturated heterocycles. The van der Waals surface area contributed by atoms with E-state index < -0.39 is 10.0 Å². The minimum atomic E-state index is -3.43. The molecule has 8 heteroatoms. The smallest absolute Gasteiger partial charge is 0.243 e. The Labute approximate surface area is 160 Å². The average Bonchev–Trinajstić information content (AvgIpc) is 3.02. The Morgan fingerprint density at radius 3 is 2.69 bits per heavy atom. The van der Waals surface area contributed by atoms with Crippen LogP contribution in [0, 0.1) is 0 Å². The van der Waals surface area contributed by atoms with Crippen LogP contribution < -0.4 is 0 Å². The van der Waals surface area contributed by atoms with Gasteiger partial charge in [-0.2, -0.15) is 4.31 Å². The molecule has 0 unspecified atom stereocenters. The van der Waals surface area contributed by atoms with Gasteiger partial charge in [0, 0.05) is 39.1 Å². The maximum atomic E-state index is 12.9. The molecule has 1 aromatic carbocycles. The largest absolute Gasteiger partial charge is 0.385 e. The molecule has 0 aliphatic carbocycles. The third-order valence-corrected chi connectivity index (χ3v) is 7.63. The number of methoxy groups -OCH3 is 1. The first-order valence-corrected chi connectivity index (χ1v) is 11.6. The number of hydrogen-bond donors (Lipinski definition) is 0. The highest BCUT2D eigenvalue weighted by atomic mass is 32.2. The molecular weight excluding hydrogens is 370 g/mol. The van der Waals surface area contributed by atoms with E-state index in [1.165, 1.54) is 0 Å². The van der Waals surface area contributed by atoms with Crippen molar-refractivity contribution in [3.63, 3.8) is 0 Å². The summed E-state index contributed by atoms with van der Waals surface area (Å²) in [6, 6.07) is 5.34. The van der Waals surface area contributed by atoms with E-state index in [0.29, 0.717) is 18.0 Å². The number of sulfonamides is 1. The second-order valence-electron chi connectivity index (χ2n) is 6.45. The lowest BCUT2D eigenvalue weighted by Gasteiger charge is -2.25. The molecule has 2 aromatic rings. The first-order valence-electron chi connectivity index (χ1n) is 9.20. The summed E-state index contributed by atoms with van der Waals surface area (Å²) in [5, 5.41) is 0.936.